The molecule has 4 heteroatoms. The minimum atomic E-state index is -0.127. The number of rotatable bonds is 4. The summed E-state index contributed by atoms with van der Waals surface area (Å²) in [6.45, 7) is 0. The van der Waals surface area contributed by atoms with Gasteiger partial charge in [0.2, 0.25) is 0 Å². The maximum atomic E-state index is 12.0. The van der Waals surface area contributed by atoms with E-state index in [9.17, 15) is 4.79 Å². The highest BCUT2D eigenvalue weighted by Gasteiger charge is 2.06. The van der Waals surface area contributed by atoms with Crippen LogP contribution in [0.15, 0.2) is 48.5 Å². The van der Waals surface area contributed by atoms with Crippen LogP contribution in [0, 0.1) is 0 Å². The van der Waals surface area contributed by atoms with E-state index >= 15 is 0 Å². The van der Waals surface area contributed by atoms with Crippen molar-refractivity contribution in [3.8, 4) is 0 Å². The van der Waals surface area contributed by atoms with Gasteiger partial charge in [0.05, 0.1) is 0 Å². The summed E-state index contributed by atoms with van der Waals surface area (Å²) < 4.78 is 0. The van der Waals surface area contributed by atoms with E-state index in [1.165, 1.54) is 5.56 Å². The lowest BCUT2D eigenvalue weighted by atomic mass is 10.1. The molecule has 1 amide bonds. The van der Waals surface area contributed by atoms with Crippen LogP contribution < -0.4 is 5.32 Å². The Morgan fingerprint density at radius 3 is 2.58 bits per heavy atom. The van der Waals surface area contributed by atoms with Crippen LogP contribution in [0.25, 0.3) is 0 Å². The maximum absolute atomic E-state index is 12.0. The lowest BCUT2D eigenvalue weighted by molar-refractivity contribution is 0.102. The van der Waals surface area contributed by atoms with E-state index in [1.54, 1.807) is 30.0 Å². The fraction of sp³-hybridized carbons (Fsp3) is 0.133. The number of carbonyl (C=O) groups is 1. The molecule has 0 radical (unpaired) electrons. The number of nitrogens with one attached hydrogen (secondary N) is 1. The molecule has 1 N–H and O–H groups in total. The molecule has 2 aromatic rings. The topological polar surface area (TPSA) is 29.1 Å². The van der Waals surface area contributed by atoms with E-state index < -0.39 is 0 Å². The molecule has 0 spiro atoms. The predicted molar refractivity (Wildman–Crippen MR) is 83.1 cm³/mol. The number of hydrogen-bond acceptors (Lipinski definition) is 2. The molecule has 0 fully saturated rings. The van der Waals surface area contributed by atoms with Crippen molar-refractivity contribution in [3.63, 3.8) is 0 Å². The zero-order chi connectivity index (χ0) is 13.7. The van der Waals surface area contributed by atoms with Gasteiger partial charge in [-0.2, -0.15) is 11.8 Å². The first kappa shape index (κ1) is 14.0. The van der Waals surface area contributed by atoms with Crippen LogP contribution in [-0.4, -0.2) is 12.2 Å². The fourth-order valence-electron chi connectivity index (χ4n) is 1.69. The Kier molecular flexibility index (Phi) is 4.88. The summed E-state index contributed by atoms with van der Waals surface area (Å²) >= 11 is 7.63. The maximum Gasteiger partial charge on any atom is 0.255 e. The second kappa shape index (κ2) is 6.64. The van der Waals surface area contributed by atoms with E-state index in [2.05, 4.69) is 11.6 Å². The summed E-state index contributed by atoms with van der Waals surface area (Å²) in [4.78, 5) is 12.0. The molecule has 0 unspecified atom stereocenters. The second-order valence-electron chi connectivity index (χ2n) is 4.09. The minimum Gasteiger partial charge on any atom is -0.322 e. The zero-order valence-corrected chi connectivity index (χ0v) is 12.1. The van der Waals surface area contributed by atoms with Crippen LogP contribution in [-0.2, 0) is 5.75 Å². The Labute approximate surface area is 122 Å². The summed E-state index contributed by atoms with van der Waals surface area (Å²) in [6, 6.07) is 14.7. The number of benzene rings is 2. The molecule has 0 aliphatic rings. The van der Waals surface area contributed by atoms with Gasteiger partial charge in [-0.15, -0.1) is 0 Å². The average Bonchev–Trinajstić information content (AvgIpc) is 2.40. The van der Waals surface area contributed by atoms with E-state index in [-0.39, 0.29) is 5.91 Å². The van der Waals surface area contributed by atoms with Crippen molar-refractivity contribution in [2.75, 3.05) is 11.6 Å². The number of hydrogen-bond donors (Lipinski definition) is 1. The SMILES string of the molecule is CSCc1ccc(C(=O)Nc2cccc(Cl)c2)cc1. The Balaban J connectivity index is 2.07. The van der Waals surface area contributed by atoms with Crippen molar-refractivity contribution < 1.29 is 4.79 Å². The van der Waals surface area contributed by atoms with Crippen molar-refractivity contribution in [3.05, 3.63) is 64.7 Å². The van der Waals surface area contributed by atoms with Crippen LogP contribution in [0.1, 0.15) is 15.9 Å². The Morgan fingerprint density at radius 1 is 1.21 bits per heavy atom. The summed E-state index contributed by atoms with van der Waals surface area (Å²) in [5.41, 5.74) is 2.56. The predicted octanol–water partition coefficient (Wildman–Crippen LogP) is 4.46. The number of amides is 1. The molecule has 0 saturated heterocycles. The molecule has 0 heterocycles. The monoisotopic (exact) mass is 291 g/mol. The van der Waals surface area contributed by atoms with Gasteiger partial charge in [0.1, 0.15) is 0 Å². The first-order chi connectivity index (χ1) is 9.19. The molecule has 2 nitrogen and oxygen atoms in total. The number of halogens is 1. The smallest absolute Gasteiger partial charge is 0.255 e. The van der Waals surface area contributed by atoms with Crippen molar-refractivity contribution in [1.82, 2.24) is 0 Å². The third kappa shape index (κ3) is 4.01. The molecule has 0 bridgehead atoms. The third-order valence-electron chi connectivity index (χ3n) is 2.61. The normalized spacial score (nSPS) is 10.2. The summed E-state index contributed by atoms with van der Waals surface area (Å²) in [6.07, 6.45) is 2.06. The van der Waals surface area contributed by atoms with E-state index in [4.69, 9.17) is 11.6 Å². The van der Waals surface area contributed by atoms with Crippen LogP contribution >= 0.6 is 23.4 Å². The van der Waals surface area contributed by atoms with Gasteiger partial charge in [0.15, 0.2) is 0 Å². The highest BCUT2D eigenvalue weighted by Crippen LogP contribution is 2.16. The lowest BCUT2D eigenvalue weighted by Gasteiger charge is -2.06. The van der Waals surface area contributed by atoms with Gasteiger partial charge in [0.25, 0.3) is 5.91 Å². The average molecular weight is 292 g/mol. The van der Waals surface area contributed by atoms with E-state index in [0.29, 0.717) is 16.3 Å². The number of thioether (sulfide) groups is 1. The molecule has 98 valence electrons. The quantitative estimate of drug-likeness (QED) is 0.901. The van der Waals surface area contributed by atoms with E-state index in [0.717, 1.165) is 5.75 Å². The van der Waals surface area contributed by atoms with E-state index in [1.807, 2.05) is 30.3 Å². The Hall–Kier alpha value is -1.45. The Bertz CT molecular complexity index is 569. The van der Waals surface area contributed by atoms with Crippen LogP contribution in [0.4, 0.5) is 5.69 Å². The molecule has 0 saturated carbocycles. The second-order valence-corrected chi connectivity index (χ2v) is 5.40. The molecule has 2 aromatic carbocycles. The van der Waals surface area contributed by atoms with Gasteiger partial charge in [0, 0.05) is 22.0 Å². The lowest BCUT2D eigenvalue weighted by Crippen LogP contribution is -2.11. The molecular weight excluding hydrogens is 278 g/mol. The molecule has 0 aliphatic heterocycles. The first-order valence-corrected chi connectivity index (χ1v) is 7.61. The first-order valence-electron chi connectivity index (χ1n) is 5.84. The van der Waals surface area contributed by atoms with Gasteiger partial charge in [-0.05, 0) is 42.2 Å². The van der Waals surface area contributed by atoms with Gasteiger partial charge in [-0.3, -0.25) is 4.79 Å². The summed E-state index contributed by atoms with van der Waals surface area (Å²) in [5, 5.41) is 3.43. The van der Waals surface area contributed by atoms with Crippen LogP contribution in [0.3, 0.4) is 0 Å². The van der Waals surface area contributed by atoms with Gasteiger partial charge < -0.3 is 5.32 Å². The summed E-state index contributed by atoms with van der Waals surface area (Å²) in [5.74, 6) is 0.828. The van der Waals surface area contributed by atoms with Crippen molar-refractivity contribution >= 4 is 35.0 Å². The van der Waals surface area contributed by atoms with Gasteiger partial charge in [-0.25, -0.2) is 0 Å². The standard InChI is InChI=1S/C15H14ClNOS/c1-19-10-11-5-7-12(8-6-11)15(18)17-14-4-2-3-13(16)9-14/h2-9H,10H2,1H3,(H,17,18). The highest BCUT2D eigenvalue weighted by atomic mass is 35.5. The zero-order valence-electron chi connectivity index (χ0n) is 10.5. The van der Waals surface area contributed by atoms with Gasteiger partial charge >= 0.3 is 0 Å². The van der Waals surface area contributed by atoms with Gasteiger partial charge in [-0.1, -0.05) is 29.8 Å². The Morgan fingerprint density at radius 2 is 1.95 bits per heavy atom. The van der Waals surface area contributed by atoms with Crippen molar-refractivity contribution in [1.29, 1.82) is 0 Å². The van der Waals surface area contributed by atoms with Crippen molar-refractivity contribution in [2.24, 2.45) is 0 Å². The minimum absolute atomic E-state index is 0.127. The molecule has 2 rings (SSSR count). The van der Waals surface area contributed by atoms with Crippen LogP contribution in [0.2, 0.25) is 5.02 Å². The summed E-state index contributed by atoms with van der Waals surface area (Å²) in [7, 11) is 0. The molecular formula is C15H14ClNOS. The molecule has 0 aromatic heterocycles. The third-order valence-corrected chi connectivity index (χ3v) is 3.47. The number of carbonyl (C=O) groups excluding carboxylic acids is 1. The molecule has 19 heavy (non-hydrogen) atoms. The highest BCUT2D eigenvalue weighted by molar-refractivity contribution is 7.97. The van der Waals surface area contributed by atoms with Crippen LogP contribution in [0.5, 0.6) is 0 Å². The van der Waals surface area contributed by atoms with Crippen molar-refractivity contribution in [2.45, 2.75) is 5.75 Å². The largest absolute Gasteiger partial charge is 0.322 e. The molecule has 0 atom stereocenters. The number of anilines is 1. The molecule has 0 aliphatic carbocycles. The fourth-order valence-corrected chi connectivity index (χ4v) is 2.40.